The Kier molecular flexibility index (Phi) is 6.53. The van der Waals surface area contributed by atoms with E-state index in [2.05, 4.69) is 62.5 Å². The van der Waals surface area contributed by atoms with Crippen LogP contribution in [0.4, 0.5) is 0 Å². The molecule has 1 aromatic rings. The van der Waals surface area contributed by atoms with Gasteiger partial charge in [-0.3, -0.25) is 4.90 Å². The van der Waals surface area contributed by atoms with Crippen LogP contribution in [-0.4, -0.2) is 48.9 Å². The van der Waals surface area contributed by atoms with Crippen LogP contribution in [0.15, 0.2) is 33.9 Å². The molecular weight excluding hydrogens is 378 g/mol. The lowest BCUT2D eigenvalue weighted by Gasteiger charge is -2.47. The quantitative estimate of drug-likeness (QED) is 0.590. The van der Waals surface area contributed by atoms with Crippen LogP contribution in [0.2, 0.25) is 0 Å². The summed E-state index contributed by atoms with van der Waals surface area (Å²) >= 11 is 3.52. The van der Waals surface area contributed by atoms with Crippen molar-refractivity contribution in [2.24, 2.45) is 11.1 Å². The summed E-state index contributed by atoms with van der Waals surface area (Å²) in [6.45, 7) is 9.65. The Morgan fingerprint density at radius 1 is 1.24 bits per heavy atom. The van der Waals surface area contributed by atoms with E-state index in [1.807, 2.05) is 6.92 Å². The van der Waals surface area contributed by atoms with Crippen LogP contribution in [0.1, 0.15) is 45.1 Å². The number of halogens is 1. The average Bonchev–Trinajstić information content (AvgIpc) is 2.64. The molecule has 0 spiro atoms. The molecule has 2 aliphatic heterocycles. The Bertz CT molecular complexity index is 573. The van der Waals surface area contributed by atoms with Gasteiger partial charge >= 0.3 is 0 Å². The summed E-state index contributed by atoms with van der Waals surface area (Å²) in [6, 6.07) is 8.45. The SMILES string of the molecule is CCO/N=C(/c1ccc(Br)cc1)C1CCN(C2(C)CCNCC2)CC1. The summed E-state index contributed by atoms with van der Waals surface area (Å²) in [5.74, 6) is 0.481. The molecule has 1 N–H and O–H groups in total. The number of likely N-dealkylation sites (tertiary alicyclic amines) is 1. The molecule has 3 rings (SSSR count). The number of nitrogens with one attached hydrogen (secondary N) is 1. The number of hydrogen-bond acceptors (Lipinski definition) is 4. The Balaban J connectivity index is 1.68. The second-order valence-electron chi connectivity index (χ2n) is 7.41. The van der Waals surface area contributed by atoms with Gasteiger partial charge in [0.15, 0.2) is 0 Å². The number of rotatable bonds is 5. The molecule has 0 amide bonds. The largest absolute Gasteiger partial charge is 0.396 e. The molecule has 0 unspecified atom stereocenters. The Hall–Kier alpha value is -0.910. The smallest absolute Gasteiger partial charge is 0.114 e. The standard InChI is InChI=1S/C20H30BrN3O/c1-3-25-23-19(16-4-6-18(21)7-5-16)17-8-14-24(15-9-17)20(2)10-12-22-13-11-20/h4-7,17,22H,3,8-15H2,1-2H3/b23-19-. The fourth-order valence-corrected chi connectivity index (χ4v) is 4.36. The van der Waals surface area contributed by atoms with Gasteiger partial charge in [-0.15, -0.1) is 0 Å². The highest BCUT2D eigenvalue weighted by molar-refractivity contribution is 9.10. The van der Waals surface area contributed by atoms with Gasteiger partial charge in [0.1, 0.15) is 6.61 Å². The monoisotopic (exact) mass is 407 g/mol. The third-order valence-corrected chi connectivity index (χ3v) is 6.29. The normalized spacial score (nSPS) is 22.8. The van der Waals surface area contributed by atoms with Gasteiger partial charge in [0.2, 0.25) is 0 Å². The molecule has 0 bridgehead atoms. The minimum Gasteiger partial charge on any atom is -0.396 e. The third kappa shape index (κ3) is 4.63. The maximum Gasteiger partial charge on any atom is 0.114 e. The van der Waals surface area contributed by atoms with Crippen molar-refractivity contribution in [1.29, 1.82) is 0 Å². The number of benzene rings is 1. The van der Waals surface area contributed by atoms with Crippen LogP contribution in [0.3, 0.4) is 0 Å². The third-order valence-electron chi connectivity index (χ3n) is 5.76. The molecule has 0 radical (unpaired) electrons. The van der Waals surface area contributed by atoms with Gasteiger partial charge in [-0.25, -0.2) is 0 Å². The fourth-order valence-electron chi connectivity index (χ4n) is 4.09. The van der Waals surface area contributed by atoms with Crippen molar-refractivity contribution in [3.8, 4) is 0 Å². The van der Waals surface area contributed by atoms with Crippen LogP contribution >= 0.6 is 15.9 Å². The second kappa shape index (κ2) is 8.65. The molecule has 2 heterocycles. The van der Waals surface area contributed by atoms with Crippen molar-refractivity contribution in [2.45, 2.75) is 45.1 Å². The van der Waals surface area contributed by atoms with E-state index in [1.165, 1.54) is 18.4 Å². The predicted octanol–water partition coefficient (Wildman–Crippen LogP) is 4.04. The summed E-state index contributed by atoms with van der Waals surface area (Å²) in [5, 5.41) is 7.98. The van der Waals surface area contributed by atoms with Crippen molar-refractivity contribution in [1.82, 2.24) is 10.2 Å². The van der Waals surface area contributed by atoms with E-state index in [9.17, 15) is 0 Å². The van der Waals surface area contributed by atoms with E-state index < -0.39 is 0 Å². The lowest BCUT2D eigenvalue weighted by atomic mass is 9.83. The van der Waals surface area contributed by atoms with E-state index in [0.717, 1.165) is 49.2 Å². The molecule has 0 saturated carbocycles. The van der Waals surface area contributed by atoms with Crippen LogP contribution in [0, 0.1) is 5.92 Å². The minimum atomic E-state index is 0.366. The van der Waals surface area contributed by atoms with Crippen molar-refractivity contribution in [3.05, 3.63) is 34.3 Å². The van der Waals surface area contributed by atoms with Crippen LogP contribution in [0.5, 0.6) is 0 Å². The summed E-state index contributed by atoms with van der Waals surface area (Å²) in [5.41, 5.74) is 2.66. The molecule has 5 heteroatoms. The molecule has 1 aromatic carbocycles. The lowest BCUT2D eigenvalue weighted by Crippen LogP contribution is -2.55. The summed E-state index contributed by atoms with van der Waals surface area (Å²) in [7, 11) is 0. The van der Waals surface area contributed by atoms with Gasteiger partial charge in [-0.1, -0.05) is 33.2 Å². The zero-order valence-electron chi connectivity index (χ0n) is 15.4. The van der Waals surface area contributed by atoms with Gasteiger partial charge in [-0.2, -0.15) is 0 Å². The van der Waals surface area contributed by atoms with Crippen LogP contribution in [0.25, 0.3) is 0 Å². The fraction of sp³-hybridized carbons (Fsp3) is 0.650. The molecule has 2 aliphatic rings. The summed E-state index contributed by atoms with van der Waals surface area (Å²) < 4.78 is 1.10. The van der Waals surface area contributed by atoms with E-state index in [0.29, 0.717) is 18.1 Å². The average molecular weight is 408 g/mol. The van der Waals surface area contributed by atoms with E-state index in [4.69, 9.17) is 4.84 Å². The topological polar surface area (TPSA) is 36.9 Å². The molecule has 25 heavy (non-hydrogen) atoms. The van der Waals surface area contributed by atoms with E-state index in [1.54, 1.807) is 0 Å². The van der Waals surface area contributed by atoms with Crippen molar-refractivity contribution < 1.29 is 4.84 Å². The molecule has 2 fully saturated rings. The molecule has 0 atom stereocenters. The van der Waals surface area contributed by atoms with Gasteiger partial charge < -0.3 is 10.2 Å². The van der Waals surface area contributed by atoms with Gasteiger partial charge in [0, 0.05) is 15.9 Å². The Labute approximate surface area is 160 Å². The first-order chi connectivity index (χ1) is 12.1. The molecule has 0 aliphatic carbocycles. The maximum atomic E-state index is 5.45. The number of piperidine rings is 2. The Morgan fingerprint density at radius 3 is 2.48 bits per heavy atom. The number of nitrogens with zero attached hydrogens (tertiary/aromatic N) is 2. The molecular formula is C20H30BrN3O. The summed E-state index contributed by atoms with van der Waals surface area (Å²) in [4.78, 5) is 8.16. The highest BCUT2D eigenvalue weighted by atomic mass is 79.9. The van der Waals surface area contributed by atoms with Crippen molar-refractivity contribution >= 4 is 21.6 Å². The van der Waals surface area contributed by atoms with Crippen molar-refractivity contribution in [3.63, 3.8) is 0 Å². The molecule has 138 valence electrons. The zero-order valence-corrected chi connectivity index (χ0v) is 17.0. The summed E-state index contributed by atoms with van der Waals surface area (Å²) in [6.07, 6.45) is 4.82. The molecule has 0 aromatic heterocycles. The van der Waals surface area contributed by atoms with Crippen LogP contribution in [-0.2, 0) is 4.84 Å². The van der Waals surface area contributed by atoms with Gasteiger partial charge in [0.05, 0.1) is 5.71 Å². The second-order valence-corrected chi connectivity index (χ2v) is 8.33. The van der Waals surface area contributed by atoms with Gasteiger partial charge in [0.25, 0.3) is 0 Å². The van der Waals surface area contributed by atoms with E-state index in [-0.39, 0.29) is 0 Å². The first kappa shape index (κ1) is 18.9. The first-order valence-electron chi connectivity index (χ1n) is 9.54. The first-order valence-corrected chi connectivity index (χ1v) is 10.3. The number of hydrogen-bond donors (Lipinski definition) is 1. The molecule has 2 saturated heterocycles. The van der Waals surface area contributed by atoms with Crippen LogP contribution < -0.4 is 5.32 Å². The maximum absolute atomic E-state index is 5.45. The Morgan fingerprint density at radius 2 is 1.88 bits per heavy atom. The predicted molar refractivity (Wildman–Crippen MR) is 107 cm³/mol. The highest BCUT2D eigenvalue weighted by Gasteiger charge is 2.36. The molecule has 4 nitrogen and oxygen atoms in total. The lowest BCUT2D eigenvalue weighted by molar-refractivity contribution is 0.0466. The van der Waals surface area contributed by atoms with Crippen molar-refractivity contribution in [2.75, 3.05) is 32.8 Å². The highest BCUT2D eigenvalue weighted by Crippen LogP contribution is 2.32. The zero-order chi connectivity index (χ0) is 17.7. The van der Waals surface area contributed by atoms with E-state index >= 15 is 0 Å². The van der Waals surface area contributed by atoms with Gasteiger partial charge in [-0.05, 0) is 83.4 Å². The minimum absolute atomic E-state index is 0.366. The number of oxime groups is 1.